The Morgan fingerprint density at radius 1 is 1.38 bits per heavy atom. The average molecular weight is 296 g/mol. The zero-order valence-electron chi connectivity index (χ0n) is 8.64. The van der Waals surface area contributed by atoms with E-state index in [-0.39, 0.29) is 0 Å². The lowest BCUT2D eigenvalue weighted by atomic mass is 10.2. The van der Waals surface area contributed by atoms with Gasteiger partial charge < -0.3 is 5.73 Å². The fourth-order valence-corrected chi connectivity index (χ4v) is 1.99. The number of hydrogen-bond donors (Lipinski definition) is 1. The van der Waals surface area contributed by atoms with Gasteiger partial charge in [-0.05, 0) is 30.7 Å². The van der Waals surface area contributed by atoms with Gasteiger partial charge in [-0.2, -0.15) is 5.10 Å². The molecule has 0 saturated carbocycles. The lowest BCUT2D eigenvalue weighted by Gasteiger charge is -2.07. The Morgan fingerprint density at radius 3 is 2.75 bits per heavy atom. The van der Waals surface area contributed by atoms with Crippen molar-refractivity contribution < 1.29 is 0 Å². The van der Waals surface area contributed by atoms with Gasteiger partial charge in [-0.3, -0.25) is 0 Å². The van der Waals surface area contributed by atoms with Crippen molar-refractivity contribution in [2.24, 2.45) is 0 Å². The van der Waals surface area contributed by atoms with Crippen LogP contribution in [0.1, 0.15) is 5.56 Å². The van der Waals surface area contributed by atoms with Crippen LogP contribution in [0.5, 0.6) is 0 Å². The molecule has 0 unspecified atom stereocenters. The van der Waals surface area contributed by atoms with E-state index in [1.807, 2.05) is 25.1 Å². The first-order chi connectivity index (χ1) is 7.58. The maximum absolute atomic E-state index is 5.61. The lowest BCUT2D eigenvalue weighted by molar-refractivity contribution is 0.830. The number of aromatic nitrogens is 2. The second-order valence-corrected chi connectivity index (χ2v) is 4.75. The number of rotatable bonds is 1. The van der Waals surface area contributed by atoms with Crippen molar-refractivity contribution in [2.45, 2.75) is 6.92 Å². The molecule has 0 fully saturated rings. The number of nitrogens with zero attached hydrogens (tertiary/aromatic N) is 2. The summed E-state index contributed by atoms with van der Waals surface area (Å²) in [6.45, 7) is 2.03. The Hall–Kier alpha value is -1.20. The van der Waals surface area contributed by atoms with Crippen molar-refractivity contribution in [3.8, 4) is 5.69 Å². The van der Waals surface area contributed by atoms with Crippen molar-refractivity contribution in [1.82, 2.24) is 9.78 Å². The molecule has 1 aromatic carbocycles. The van der Waals surface area contributed by atoms with E-state index in [1.54, 1.807) is 16.9 Å². The third kappa shape index (κ3) is 2.15. The number of nitrogens with two attached hydrogens (primary N) is 1. The molecule has 16 heavy (non-hydrogen) atoms. The molecule has 2 N–H and O–H groups in total. The molecule has 0 saturated heterocycles. The highest BCUT2D eigenvalue weighted by Gasteiger charge is 2.01. The van der Waals surface area contributed by atoms with E-state index < -0.39 is 0 Å². The number of nitrogen functional groups attached to an aromatic ring is 1. The molecule has 2 rings (SSSR count). The summed E-state index contributed by atoms with van der Waals surface area (Å²) in [7, 11) is 0. The summed E-state index contributed by atoms with van der Waals surface area (Å²) in [4.78, 5) is 0. The van der Waals surface area contributed by atoms with Crippen LogP contribution in [0.25, 0.3) is 5.69 Å². The van der Waals surface area contributed by atoms with Crippen LogP contribution in [0, 0.1) is 11.6 Å². The van der Waals surface area contributed by atoms with Crippen molar-refractivity contribution in [3.63, 3.8) is 0 Å². The summed E-state index contributed by atoms with van der Waals surface area (Å²) < 4.78 is 3.30. The first-order valence-electron chi connectivity index (χ1n) is 4.69. The van der Waals surface area contributed by atoms with Crippen LogP contribution in [0.3, 0.4) is 0 Å². The number of hydrogen-bond acceptors (Lipinski definition) is 3. The second kappa shape index (κ2) is 4.35. The summed E-state index contributed by atoms with van der Waals surface area (Å²) in [5.74, 6) is 0. The van der Waals surface area contributed by atoms with Gasteiger partial charge in [-0.1, -0.05) is 34.2 Å². The zero-order chi connectivity index (χ0) is 11.7. The molecule has 2 aromatic rings. The van der Waals surface area contributed by atoms with E-state index in [0.717, 1.165) is 10.2 Å². The Bertz CT molecular complexity index is 592. The third-order valence-electron chi connectivity index (χ3n) is 2.22. The molecule has 1 aromatic heterocycles. The van der Waals surface area contributed by atoms with Gasteiger partial charge in [0.15, 0.2) is 0 Å². The van der Waals surface area contributed by atoms with Crippen LogP contribution >= 0.6 is 28.1 Å². The quantitative estimate of drug-likeness (QED) is 0.821. The van der Waals surface area contributed by atoms with E-state index in [2.05, 4.69) is 21.0 Å². The highest BCUT2D eigenvalue weighted by Crippen LogP contribution is 2.20. The number of aryl methyl sites for hydroxylation is 1. The molecule has 3 nitrogen and oxygen atoms in total. The third-order valence-corrected chi connectivity index (χ3v) is 3.37. The molecule has 0 amide bonds. The highest BCUT2D eigenvalue weighted by atomic mass is 79.9. The summed E-state index contributed by atoms with van der Waals surface area (Å²) in [6, 6.07) is 7.68. The molecule has 0 aliphatic carbocycles. The maximum atomic E-state index is 5.61. The van der Waals surface area contributed by atoms with E-state index in [1.165, 1.54) is 5.56 Å². The summed E-state index contributed by atoms with van der Waals surface area (Å²) in [5, 5.41) is 4.19. The van der Waals surface area contributed by atoms with Crippen LogP contribution in [0.4, 0.5) is 5.69 Å². The second-order valence-electron chi connectivity index (χ2n) is 3.47. The van der Waals surface area contributed by atoms with Gasteiger partial charge >= 0.3 is 0 Å². The Labute approximate surface area is 107 Å². The molecular formula is C11H10BrN3S. The molecule has 0 atom stereocenters. The molecule has 5 heteroatoms. The maximum Gasteiger partial charge on any atom is 0.130 e. The first-order valence-corrected chi connectivity index (χ1v) is 5.89. The average Bonchev–Trinajstić information content (AvgIpc) is 2.22. The zero-order valence-corrected chi connectivity index (χ0v) is 11.0. The van der Waals surface area contributed by atoms with Crippen LogP contribution in [-0.4, -0.2) is 9.78 Å². The smallest absolute Gasteiger partial charge is 0.130 e. The molecular weight excluding hydrogens is 286 g/mol. The van der Waals surface area contributed by atoms with E-state index >= 15 is 0 Å². The van der Waals surface area contributed by atoms with Crippen molar-refractivity contribution in [3.05, 3.63) is 45.1 Å². The fourth-order valence-electron chi connectivity index (χ4n) is 1.33. The minimum absolute atomic E-state index is 0.576. The van der Waals surface area contributed by atoms with Crippen LogP contribution in [0.15, 0.2) is 34.9 Å². The molecule has 0 radical (unpaired) electrons. The standard InChI is InChI=1S/C11H10BrN3S/c1-7-2-3-9(5-10(7)12)15-11(16)4-8(13)6-14-15/h2-6H,13H2,1H3. The van der Waals surface area contributed by atoms with Crippen molar-refractivity contribution in [1.29, 1.82) is 0 Å². The van der Waals surface area contributed by atoms with Gasteiger partial charge in [0.05, 0.1) is 17.6 Å². The van der Waals surface area contributed by atoms with Gasteiger partial charge in [-0.15, -0.1) is 0 Å². The van der Waals surface area contributed by atoms with Gasteiger partial charge in [-0.25, -0.2) is 4.68 Å². The largest absolute Gasteiger partial charge is 0.397 e. The summed E-state index contributed by atoms with van der Waals surface area (Å²) in [6.07, 6.45) is 1.59. The molecule has 0 aliphatic heterocycles. The molecule has 82 valence electrons. The van der Waals surface area contributed by atoms with E-state index in [9.17, 15) is 0 Å². The topological polar surface area (TPSA) is 43.8 Å². The Morgan fingerprint density at radius 2 is 2.12 bits per heavy atom. The predicted molar refractivity (Wildman–Crippen MR) is 71.2 cm³/mol. The van der Waals surface area contributed by atoms with Crippen LogP contribution < -0.4 is 5.73 Å². The molecule has 0 spiro atoms. The fraction of sp³-hybridized carbons (Fsp3) is 0.0909. The summed E-state index contributed by atoms with van der Waals surface area (Å²) in [5.41, 5.74) is 8.28. The van der Waals surface area contributed by atoms with Gasteiger partial charge in [0, 0.05) is 4.47 Å². The number of halogens is 1. The van der Waals surface area contributed by atoms with Gasteiger partial charge in [0.25, 0.3) is 0 Å². The van der Waals surface area contributed by atoms with Gasteiger partial charge in [0.1, 0.15) is 4.64 Å². The Balaban J connectivity index is 2.59. The molecule has 0 aliphatic rings. The monoisotopic (exact) mass is 295 g/mol. The number of benzene rings is 1. The van der Waals surface area contributed by atoms with Crippen LogP contribution in [-0.2, 0) is 0 Å². The Kier molecular flexibility index (Phi) is 3.07. The molecule has 0 bridgehead atoms. The number of anilines is 1. The minimum atomic E-state index is 0.576. The van der Waals surface area contributed by atoms with Crippen LogP contribution in [0.2, 0.25) is 0 Å². The van der Waals surface area contributed by atoms with Gasteiger partial charge in [0.2, 0.25) is 0 Å². The lowest BCUT2D eigenvalue weighted by Crippen LogP contribution is -2.03. The highest BCUT2D eigenvalue weighted by molar-refractivity contribution is 9.10. The molecule has 1 heterocycles. The SMILES string of the molecule is Cc1ccc(-n2ncc(N)cc2=S)cc1Br. The normalized spacial score (nSPS) is 10.4. The summed E-state index contributed by atoms with van der Waals surface area (Å²) >= 11 is 8.69. The first kappa shape index (κ1) is 11.3. The predicted octanol–water partition coefficient (Wildman–Crippen LogP) is 3.25. The minimum Gasteiger partial charge on any atom is -0.397 e. The van der Waals surface area contributed by atoms with Crippen molar-refractivity contribution in [2.75, 3.05) is 5.73 Å². The van der Waals surface area contributed by atoms with E-state index in [0.29, 0.717) is 10.3 Å². The van der Waals surface area contributed by atoms with E-state index in [4.69, 9.17) is 18.0 Å². The van der Waals surface area contributed by atoms with Crippen molar-refractivity contribution >= 4 is 33.8 Å².